The lowest BCUT2D eigenvalue weighted by molar-refractivity contribution is -0.144. The average molecular weight is 278 g/mol. The summed E-state index contributed by atoms with van der Waals surface area (Å²) in [6.45, 7) is 1.25. The number of hydrogen-bond donors (Lipinski definition) is 0. The van der Waals surface area contributed by atoms with Crippen molar-refractivity contribution in [3.63, 3.8) is 0 Å². The van der Waals surface area contributed by atoms with Crippen LogP contribution in [0, 0.1) is 0 Å². The quantitative estimate of drug-likeness (QED) is 0.774. The number of benzene rings is 1. The van der Waals surface area contributed by atoms with Crippen molar-refractivity contribution in [3.05, 3.63) is 34.9 Å². The van der Waals surface area contributed by atoms with E-state index in [1.54, 1.807) is 0 Å². The normalized spacial score (nSPS) is 19.9. The summed E-state index contributed by atoms with van der Waals surface area (Å²) in [5.74, 6) is -0.648. The maximum Gasteiger partial charge on any atom is 0.205 e. The number of rotatable bonds is 2. The molecule has 0 radical (unpaired) electrons. The molecule has 0 unspecified atom stereocenters. The zero-order valence-corrected chi connectivity index (χ0v) is 9.85. The van der Waals surface area contributed by atoms with Crippen molar-refractivity contribution in [3.8, 4) is 0 Å². The summed E-state index contributed by atoms with van der Waals surface area (Å²) in [5.41, 5.74) is 0.958. The van der Waals surface area contributed by atoms with Gasteiger partial charge in [-0.05, 0) is 12.1 Å². The van der Waals surface area contributed by atoms with Crippen molar-refractivity contribution < 1.29 is 9.47 Å². The van der Waals surface area contributed by atoms with Crippen molar-refractivity contribution >= 4 is 27.5 Å². The molecule has 2 nitrogen and oxygen atoms in total. The van der Waals surface area contributed by atoms with Gasteiger partial charge in [0.2, 0.25) is 5.79 Å². The van der Waals surface area contributed by atoms with Crippen LogP contribution in [0.4, 0.5) is 0 Å². The van der Waals surface area contributed by atoms with Crippen molar-refractivity contribution in [2.45, 2.75) is 5.79 Å². The number of hydrogen-bond acceptors (Lipinski definition) is 2. The molecule has 0 saturated carbocycles. The molecule has 1 heterocycles. The Balaban J connectivity index is 2.35. The molecule has 0 aromatic heterocycles. The van der Waals surface area contributed by atoms with Gasteiger partial charge >= 0.3 is 0 Å². The van der Waals surface area contributed by atoms with Crippen molar-refractivity contribution in [2.24, 2.45) is 0 Å². The van der Waals surface area contributed by atoms with Crippen LogP contribution in [0.15, 0.2) is 24.3 Å². The number of alkyl halides is 1. The van der Waals surface area contributed by atoms with Gasteiger partial charge in [0, 0.05) is 10.6 Å². The Kier molecular flexibility index (Phi) is 3.12. The first-order valence-electron chi connectivity index (χ1n) is 4.37. The van der Waals surface area contributed by atoms with Crippen LogP contribution in [-0.4, -0.2) is 18.5 Å². The Morgan fingerprint density at radius 2 is 2.07 bits per heavy atom. The Morgan fingerprint density at radius 1 is 1.36 bits per heavy atom. The first kappa shape index (κ1) is 10.4. The molecule has 0 bridgehead atoms. The predicted octanol–water partition coefficient (Wildman–Crippen LogP) is 2.93. The lowest BCUT2D eigenvalue weighted by Crippen LogP contribution is -2.28. The molecule has 0 aliphatic carbocycles. The highest BCUT2D eigenvalue weighted by Crippen LogP contribution is 2.34. The minimum atomic E-state index is -0.648. The molecule has 76 valence electrons. The van der Waals surface area contributed by atoms with Gasteiger partial charge in [-0.15, -0.1) is 0 Å². The largest absolute Gasteiger partial charge is 0.343 e. The minimum absolute atomic E-state index is 0.611. The van der Waals surface area contributed by atoms with Gasteiger partial charge in [0.25, 0.3) is 0 Å². The third kappa shape index (κ3) is 1.82. The Hall–Kier alpha value is -0.0900. The maximum atomic E-state index is 5.92. The molecule has 0 amide bonds. The Morgan fingerprint density at radius 3 is 2.64 bits per heavy atom. The fraction of sp³-hybridized carbons (Fsp3) is 0.400. The van der Waals surface area contributed by atoms with E-state index in [1.165, 1.54) is 0 Å². The Bertz CT molecular complexity index is 324. The standard InChI is InChI=1S/C10H10BrClO2/c11-7-10(13-4-5-14-10)8-2-1-3-9(12)6-8/h1-3,6H,4-5,7H2. The molecule has 0 spiro atoms. The van der Waals surface area contributed by atoms with Crippen LogP contribution < -0.4 is 0 Å². The smallest absolute Gasteiger partial charge is 0.205 e. The van der Waals surface area contributed by atoms with Gasteiger partial charge in [-0.25, -0.2) is 0 Å². The van der Waals surface area contributed by atoms with Gasteiger partial charge in [0.05, 0.1) is 18.5 Å². The Labute approximate surface area is 96.3 Å². The predicted molar refractivity (Wildman–Crippen MR) is 58.8 cm³/mol. The van der Waals surface area contributed by atoms with Crippen LogP contribution in [0.1, 0.15) is 5.56 Å². The van der Waals surface area contributed by atoms with E-state index in [0.717, 1.165) is 5.56 Å². The zero-order valence-electron chi connectivity index (χ0n) is 7.50. The summed E-state index contributed by atoms with van der Waals surface area (Å²) in [4.78, 5) is 0. The second-order valence-electron chi connectivity index (χ2n) is 3.09. The topological polar surface area (TPSA) is 18.5 Å². The van der Waals surface area contributed by atoms with Crippen LogP contribution in [0.25, 0.3) is 0 Å². The lowest BCUT2D eigenvalue weighted by Gasteiger charge is -2.25. The van der Waals surface area contributed by atoms with Gasteiger partial charge in [0.1, 0.15) is 0 Å². The van der Waals surface area contributed by atoms with E-state index >= 15 is 0 Å². The van der Waals surface area contributed by atoms with Gasteiger partial charge in [-0.1, -0.05) is 39.7 Å². The molecule has 1 aromatic carbocycles. The summed E-state index contributed by atoms with van der Waals surface area (Å²) in [5, 5.41) is 1.31. The maximum absolute atomic E-state index is 5.92. The molecule has 1 saturated heterocycles. The van der Waals surface area contributed by atoms with E-state index in [4.69, 9.17) is 21.1 Å². The van der Waals surface area contributed by atoms with Crippen LogP contribution in [0.3, 0.4) is 0 Å². The third-order valence-corrected chi connectivity index (χ3v) is 3.17. The molecular formula is C10H10BrClO2. The molecular weight excluding hydrogens is 267 g/mol. The second kappa shape index (κ2) is 4.19. The van der Waals surface area contributed by atoms with E-state index in [0.29, 0.717) is 23.6 Å². The second-order valence-corrected chi connectivity index (χ2v) is 4.09. The summed E-state index contributed by atoms with van der Waals surface area (Å²) in [7, 11) is 0. The SMILES string of the molecule is Clc1cccc(C2(CBr)OCCO2)c1. The molecule has 1 aliphatic heterocycles. The molecule has 2 rings (SSSR count). The van der Waals surface area contributed by atoms with Gasteiger partial charge in [-0.2, -0.15) is 0 Å². The zero-order chi connectivity index (χ0) is 10.0. The first-order valence-corrected chi connectivity index (χ1v) is 5.87. The average Bonchev–Trinajstić information content (AvgIpc) is 2.67. The fourth-order valence-corrected chi connectivity index (χ4v) is 2.34. The molecule has 1 fully saturated rings. The molecule has 4 heteroatoms. The monoisotopic (exact) mass is 276 g/mol. The minimum Gasteiger partial charge on any atom is -0.343 e. The molecule has 14 heavy (non-hydrogen) atoms. The van der Waals surface area contributed by atoms with Crippen molar-refractivity contribution in [2.75, 3.05) is 18.5 Å². The first-order chi connectivity index (χ1) is 6.77. The van der Waals surface area contributed by atoms with Gasteiger partial charge < -0.3 is 9.47 Å². The highest BCUT2D eigenvalue weighted by Gasteiger charge is 2.37. The summed E-state index contributed by atoms with van der Waals surface area (Å²) >= 11 is 9.32. The number of ether oxygens (including phenoxy) is 2. The van der Waals surface area contributed by atoms with E-state index in [9.17, 15) is 0 Å². The van der Waals surface area contributed by atoms with Gasteiger partial charge in [-0.3, -0.25) is 0 Å². The highest BCUT2D eigenvalue weighted by atomic mass is 79.9. The summed E-state index contributed by atoms with van der Waals surface area (Å²) < 4.78 is 11.2. The molecule has 0 N–H and O–H groups in total. The van der Waals surface area contributed by atoms with E-state index in [-0.39, 0.29) is 0 Å². The highest BCUT2D eigenvalue weighted by molar-refractivity contribution is 9.09. The number of halogens is 2. The van der Waals surface area contributed by atoms with E-state index in [1.807, 2.05) is 24.3 Å². The molecule has 0 atom stereocenters. The van der Waals surface area contributed by atoms with Crippen LogP contribution in [-0.2, 0) is 15.3 Å². The van der Waals surface area contributed by atoms with E-state index in [2.05, 4.69) is 15.9 Å². The van der Waals surface area contributed by atoms with Crippen LogP contribution in [0.5, 0.6) is 0 Å². The lowest BCUT2D eigenvalue weighted by atomic mass is 10.1. The summed E-state index contributed by atoms with van der Waals surface area (Å²) in [6, 6.07) is 7.56. The van der Waals surface area contributed by atoms with Crippen molar-refractivity contribution in [1.29, 1.82) is 0 Å². The summed E-state index contributed by atoms with van der Waals surface area (Å²) in [6.07, 6.45) is 0. The van der Waals surface area contributed by atoms with Crippen molar-refractivity contribution in [1.82, 2.24) is 0 Å². The van der Waals surface area contributed by atoms with E-state index < -0.39 is 5.79 Å². The third-order valence-electron chi connectivity index (χ3n) is 2.19. The van der Waals surface area contributed by atoms with Crippen LogP contribution in [0.2, 0.25) is 5.02 Å². The van der Waals surface area contributed by atoms with Gasteiger partial charge in [0.15, 0.2) is 0 Å². The fourth-order valence-electron chi connectivity index (χ4n) is 1.50. The molecule has 1 aliphatic rings. The van der Waals surface area contributed by atoms with Crippen LogP contribution >= 0.6 is 27.5 Å². The molecule has 1 aromatic rings.